The first-order valence-electron chi connectivity index (χ1n) is 10.3. The Balaban J connectivity index is 2.11. The highest BCUT2D eigenvalue weighted by Crippen LogP contribution is 2.33. The topological polar surface area (TPSA) is 101 Å². The van der Waals surface area contributed by atoms with Crippen LogP contribution in [0.25, 0.3) is 11.3 Å². The number of hydrogen-bond acceptors (Lipinski definition) is 4. The summed E-state index contributed by atoms with van der Waals surface area (Å²) in [7, 11) is 3.33. The third-order valence-electron chi connectivity index (χ3n) is 4.70. The molecule has 0 spiro atoms. The molecule has 3 amide bonds. The van der Waals surface area contributed by atoms with Gasteiger partial charge in [-0.15, -0.1) is 0 Å². The number of benzene rings is 2. The SMILES string of the molecule is Cc1ccc(-c2nc(N(C(N)=O)c3c(F)cccc3F)ccc2COC(=O)/N=C/N(C)C)c(F)c1. The minimum Gasteiger partial charge on any atom is -0.443 e. The molecule has 182 valence electrons. The summed E-state index contributed by atoms with van der Waals surface area (Å²) in [5.74, 6) is -3.01. The average Bonchev–Trinajstić information content (AvgIpc) is 2.78. The number of halogens is 3. The molecular weight excluding hydrogens is 463 g/mol. The van der Waals surface area contributed by atoms with Gasteiger partial charge in [-0.2, -0.15) is 4.99 Å². The van der Waals surface area contributed by atoms with Crippen LogP contribution in [0, 0.1) is 24.4 Å². The normalized spacial score (nSPS) is 10.9. The van der Waals surface area contributed by atoms with Gasteiger partial charge >= 0.3 is 12.1 Å². The van der Waals surface area contributed by atoms with Crippen LogP contribution in [0.15, 0.2) is 53.5 Å². The van der Waals surface area contributed by atoms with Crippen LogP contribution in [0.3, 0.4) is 0 Å². The minimum absolute atomic E-state index is 0.0127. The second-order valence-corrected chi connectivity index (χ2v) is 7.67. The predicted molar refractivity (Wildman–Crippen MR) is 125 cm³/mol. The molecule has 0 unspecified atom stereocenters. The highest BCUT2D eigenvalue weighted by atomic mass is 19.1. The van der Waals surface area contributed by atoms with Crippen LogP contribution in [0.1, 0.15) is 11.1 Å². The van der Waals surface area contributed by atoms with E-state index in [9.17, 15) is 22.8 Å². The number of primary amides is 1. The van der Waals surface area contributed by atoms with Crippen LogP contribution in [0.2, 0.25) is 0 Å². The molecule has 0 atom stereocenters. The lowest BCUT2D eigenvalue weighted by atomic mass is 10.0. The van der Waals surface area contributed by atoms with Crippen LogP contribution < -0.4 is 10.6 Å². The summed E-state index contributed by atoms with van der Waals surface area (Å²) in [4.78, 5) is 34.1. The number of aromatic nitrogens is 1. The Kier molecular flexibility index (Phi) is 7.69. The lowest BCUT2D eigenvalue weighted by Crippen LogP contribution is -2.33. The van der Waals surface area contributed by atoms with Crippen molar-refractivity contribution in [1.29, 1.82) is 0 Å². The fourth-order valence-corrected chi connectivity index (χ4v) is 3.14. The van der Waals surface area contributed by atoms with E-state index in [1.807, 2.05) is 0 Å². The van der Waals surface area contributed by atoms with Crippen molar-refractivity contribution in [2.45, 2.75) is 13.5 Å². The molecule has 0 aliphatic heterocycles. The molecule has 0 aliphatic rings. The Hall–Kier alpha value is -4.41. The molecule has 35 heavy (non-hydrogen) atoms. The van der Waals surface area contributed by atoms with E-state index in [1.54, 1.807) is 27.1 Å². The first-order chi connectivity index (χ1) is 16.6. The number of urea groups is 1. The second-order valence-electron chi connectivity index (χ2n) is 7.67. The fraction of sp³-hybridized carbons (Fsp3) is 0.167. The number of ether oxygens (including phenoxy) is 1. The second kappa shape index (κ2) is 10.7. The van der Waals surface area contributed by atoms with Crippen molar-refractivity contribution in [2.75, 3.05) is 19.0 Å². The zero-order chi connectivity index (χ0) is 25.7. The van der Waals surface area contributed by atoms with Gasteiger partial charge in [-0.3, -0.25) is 0 Å². The number of pyridine rings is 1. The molecular formula is C24H22F3N5O3. The number of rotatable bonds is 6. The number of amides is 3. The highest BCUT2D eigenvalue weighted by molar-refractivity contribution is 5.98. The number of nitrogens with zero attached hydrogens (tertiary/aromatic N) is 4. The zero-order valence-electron chi connectivity index (χ0n) is 19.1. The van der Waals surface area contributed by atoms with Gasteiger partial charge in [0.15, 0.2) is 0 Å². The Labute approximate surface area is 199 Å². The summed E-state index contributed by atoms with van der Waals surface area (Å²) < 4.78 is 48.9. The minimum atomic E-state index is -1.21. The first kappa shape index (κ1) is 25.2. The Bertz CT molecular complexity index is 1280. The fourth-order valence-electron chi connectivity index (χ4n) is 3.14. The number of hydrogen-bond donors (Lipinski definition) is 1. The van der Waals surface area contributed by atoms with Gasteiger partial charge in [-0.1, -0.05) is 12.1 Å². The quantitative estimate of drug-likeness (QED) is 0.395. The lowest BCUT2D eigenvalue weighted by Gasteiger charge is -2.22. The van der Waals surface area contributed by atoms with Gasteiger partial charge in [0.25, 0.3) is 0 Å². The number of carbonyl (C=O) groups is 2. The molecule has 0 saturated heterocycles. The molecule has 0 aliphatic carbocycles. The first-order valence-corrected chi connectivity index (χ1v) is 10.3. The zero-order valence-corrected chi connectivity index (χ0v) is 19.1. The summed E-state index contributed by atoms with van der Waals surface area (Å²) in [5.41, 5.74) is 5.57. The smallest absolute Gasteiger partial charge is 0.435 e. The molecule has 1 aromatic heterocycles. The van der Waals surface area contributed by atoms with Crippen LogP contribution in [0.5, 0.6) is 0 Å². The maximum absolute atomic E-state index is 14.9. The summed E-state index contributed by atoms with van der Waals surface area (Å²) in [6.45, 7) is 1.35. The Morgan fingerprint density at radius 1 is 1.06 bits per heavy atom. The number of anilines is 2. The van der Waals surface area contributed by atoms with Crippen molar-refractivity contribution in [3.63, 3.8) is 0 Å². The molecule has 2 aromatic carbocycles. The average molecular weight is 485 g/mol. The van der Waals surface area contributed by atoms with Gasteiger partial charge < -0.3 is 15.4 Å². The van der Waals surface area contributed by atoms with Crippen molar-refractivity contribution >= 4 is 30.0 Å². The van der Waals surface area contributed by atoms with Crippen molar-refractivity contribution in [2.24, 2.45) is 10.7 Å². The summed E-state index contributed by atoms with van der Waals surface area (Å²) in [5, 5.41) is 0. The lowest BCUT2D eigenvalue weighted by molar-refractivity contribution is 0.151. The van der Waals surface area contributed by atoms with Gasteiger partial charge in [0.05, 0.1) is 12.0 Å². The van der Waals surface area contributed by atoms with Crippen LogP contribution in [0.4, 0.5) is 34.3 Å². The number of nitrogens with two attached hydrogens (primary N) is 1. The van der Waals surface area contributed by atoms with Gasteiger partial charge in [-0.25, -0.2) is 32.6 Å². The van der Waals surface area contributed by atoms with E-state index in [-0.39, 0.29) is 29.2 Å². The van der Waals surface area contributed by atoms with E-state index in [2.05, 4.69) is 9.98 Å². The molecule has 3 aromatic rings. The van der Waals surface area contributed by atoms with Crippen molar-refractivity contribution in [3.8, 4) is 11.3 Å². The van der Waals surface area contributed by atoms with Gasteiger partial charge in [-0.05, 0) is 48.9 Å². The van der Waals surface area contributed by atoms with E-state index in [0.717, 1.165) is 18.2 Å². The maximum Gasteiger partial charge on any atom is 0.435 e. The van der Waals surface area contributed by atoms with E-state index >= 15 is 0 Å². The molecule has 11 heteroatoms. The largest absolute Gasteiger partial charge is 0.443 e. The summed E-state index contributed by atoms with van der Waals surface area (Å²) in [6, 6.07) is 8.81. The predicted octanol–water partition coefficient (Wildman–Crippen LogP) is 4.92. The molecule has 8 nitrogen and oxygen atoms in total. The molecule has 0 bridgehead atoms. The molecule has 2 N–H and O–H groups in total. The van der Waals surface area contributed by atoms with Crippen molar-refractivity contribution in [1.82, 2.24) is 9.88 Å². The monoisotopic (exact) mass is 485 g/mol. The number of aryl methyl sites for hydroxylation is 1. The number of carbonyl (C=O) groups excluding carboxylic acids is 2. The highest BCUT2D eigenvalue weighted by Gasteiger charge is 2.25. The van der Waals surface area contributed by atoms with Crippen molar-refractivity contribution in [3.05, 3.63) is 77.1 Å². The Morgan fingerprint density at radius 2 is 1.74 bits per heavy atom. The van der Waals surface area contributed by atoms with Crippen LogP contribution >= 0.6 is 0 Å². The molecule has 0 fully saturated rings. The van der Waals surface area contributed by atoms with E-state index in [0.29, 0.717) is 10.5 Å². The number of para-hydroxylation sites is 1. The molecule has 0 saturated carbocycles. The van der Waals surface area contributed by atoms with Crippen molar-refractivity contribution < 1.29 is 27.5 Å². The summed E-state index contributed by atoms with van der Waals surface area (Å²) in [6.07, 6.45) is 0.350. The third-order valence-corrected chi connectivity index (χ3v) is 4.70. The van der Waals surface area contributed by atoms with Gasteiger partial charge in [0.1, 0.15) is 35.6 Å². The Morgan fingerprint density at radius 3 is 2.34 bits per heavy atom. The van der Waals surface area contributed by atoms with E-state index in [4.69, 9.17) is 10.5 Å². The van der Waals surface area contributed by atoms with E-state index in [1.165, 1.54) is 35.5 Å². The maximum atomic E-state index is 14.9. The van der Waals surface area contributed by atoms with Gasteiger partial charge in [0.2, 0.25) is 0 Å². The molecule has 3 rings (SSSR count). The van der Waals surface area contributed by atoms with Crippen LogP contribution in [-0.4, -0.2) is 42.4 Å². The third kappa shape index (κ3) is 5.94. The summed E-state index contributed by atoms with van der Waals surface area (Å²) >= 11 is 0. The standard InChI is InChI=1S/C24H22F3N5O3/c1-14-7-9-16(19(27)11-14)21-15(12-35-24(34)29-13-31(2)3)8-10-20(30-21)32(23(28)33)22-17(25)5-4-6-18(22)26/h4-11,13H,12H2,1-3H3,(H2,28,33)/b29-13+. The number of aliphatic imine (C=N–C) groups is 1. The van der Waals surface area contributed by atoms with Crippen LogP contribution in [-0.2, 0) is 11.3 Å². The van der Waals surface area contributed by atoms with E-state index < -0.39 is 35.3 Å². The molecule has 0 radical (unpaired) electrons. The van der Waals surface area contributed by atoms with Gasteiger partial charge in [0, 0.05) is 25.2 Å². The molecule has 1 heterocycles.